The summed E-state index contributed by atoms with van der Waals surface area (Å²) in [6, 6.07) is 10.0. The molecule has 28 heavy (non-hydrogen) atoms. The molecule has 3 rings (SSSR count). The molecule has 0 atom stereocenters. The lowest BCUT2D eigenvalue weighted by atomic mass is 10.2. The van der Waals surface area contributed by atoms with Gasteiger partial charge in [-0.2, -0.15) is 0 Å². The molecule has 0 aliphatic rings. The van der Waals surface area contributed by atoms with Crippen LogP contribution in [0.2, 0.25) is 10.2 Å². The second-order valence-corrected chi connectivity index (χ2v) is 6.75. The predicted octanol–water partition coefficient (Wildman–Crippen LogP) is 4.39. The third kappa shape index (κ3) is 5.42. The van der Waals surface area contributed by atoms with Gasteiger partial charge in [-0.05, 0) is 24.6 Å². The highest BCUT2D eigenvalue weighted by molar-refractivity contribution is 14.0. The van der Waals surface area contributed by atoms with Gasteiger partial charge in [0.15, 0.2) is 5.96 Å². The molecule has 150 valence electrons. The van der Waals surface area contributed by atoms with Crippen LogP contribution in [0, 0.1) is 0 Å². The zero-order chi connectivity index (χ0) is 19.2. The van der Waals surface area contributed by atoms with Gasteiger partial charge in [0.05, 0.1) is 30.1 Å². The summed E-state index contributed by atoms with van der Waals surface area (Å²) >= 11 is 12.2. The van der Waals surface area contributed by atoms with Gasteiger partial charge in [-0.15, -0.1) is 24.0 Å². The SMILES string of the molecule is CCNC(=NCc1ccccc1-n1ccnc1)NCc1cc(Cl)c(Cl)n1C.I. The van der Waals surface area contributed by atoms with E-state index in [2.05, 4.69) is 27.8 Å². The van der Waals surface area contributed by atoms with Crippen LogP contribution in [-0.2, 0) is 20.1 Å². The summed E-state index contributed by atoms with van der Waals surface area (Å²) in [5, 5.41) is 7.67. The Kier molecular flexibility index (Phi) is 8.65. The molecule has 0 unspecified atom stereocenters. The number of hydrogen-bond acceptors (Lipinski definition) is 2. The van der Waals surface area contributed by atoms with E-state index >= 15 is 0 Å². The summed E-state index contributed by atoms with van der Waals surface area (Å²) in [4.78, 5) is 8.84. The second-order valence-electron chi connectivity index (χ2n) is 5.98. The largest absolute Gasteiger partial charge is 0.357 e. The molecule has 0 saturated carbocycles. The molecule has 0 fully saturated rings. The first kappa shape index (κ1) is 22.6. The average Bonchev–Trinajstić information content (AvgIpc) is 3.29. The lowest BCUT2D eigenvalue weighted by Crippen LogP contribution is -2.37. The first-order valence-corrected chi connectivity index (χ1v) is 9.43. The van der Waals surface area contributed by atoms with Crippen LogP contribution in [0.15, 0.2) is 54.0 Å². The number of guanidine groups is 1. The molecule has 0 bridgehead atoms. The van der Waals surface area contributed by atoms with Gasteiger partial charge in [0.25, 0.3) is 0 Å². The molecule has 0 aliphatic heterocycles. The minimum atomic E-state index is 0. The third-order valence-electron chi connectivity index (χ3n) is 4.18. The van der Waals surface area contributed by atoms with E-state index in [9.17, 15) is 0 Å². The van der Waals surface area contributed by atoms with Crippen molar-refractivity contribution in [2.45, 2.75) is 20.0 Å². The van der Waals surface area contributed by atoms with E-state index in [0.717, 1.165) is 29.4 Å². The van der Waals surface area contributed by atoms with Gasteiger partial charge in [-0.1, -0.05) is 41.4 Å². The molecule has 2 heterocycles. The number of aromatic nitrogens is 3. The van der Waals surface area contributed by atoms with Crippen LogP contribution in [-0.4, -0.2) is 26.6 Å². The van der Waals surface area contributed by atoms with E-state index in [0.29, 0.717) is 23.3 Å². The van der Waals surface area contributed by atoms with Crippen molar-refractivity contribution in [2.24, 2.45) is 12.0 Å². The molecular formula is C19H23Cl2IN6. The van der Waals surface area contributed by atoms with Crippen LogP contribution in [0.1, 0.15) is 18.2 Å². The average molecular weight is 533 g/mol. The molecule has 6 nitrogen and oxygen atoms in total. The molecule has 1 aromatic carbocycles. The molecule has 0 aliphatic carbocycles. The number of hydrogen-bond donors (Lipinski definition) is 2. The van der Waals surface area contributed by atoms with E-state index in [1.54, 1.807) is 12.5 Å². The molecule has 2 N–H and O–H groups in total. The number of benzene rings is 1. The number of rotatable bonds is 6. The second kappa shape index (κ2) is 10.7. The topological polar surface area (TPSA) is 59.2 Å². The van der Waals surface area contributed by atoms with Crippen LogP contribution in [0.5, 0.6) is 0 Å². The molecule has 2 aromatic heterocycles. The summed E-state index contributed by atoms with van der Waals surface area (Å²) in [7, 11) is 1.89. The van der Waals surface area contributed by atoms with Gasteiger partial charge >= 0.3 is 0 Å². The van der Waals surface area contributed by atoms with Gasteiger partial charge in [-0.3, -0.25) is 0 Å². The van der Waals surface area contributed by atoms with Gasteiger partial charge in [-0.25, -0.2) is 9.98 Å². The van der Waals surface area contributed by atoms with Crippen molar-refractivity contribution >= 4 is 53.1 Å². The normalized spacial score (nSPS) is 11.2. The summed E-state index contributed by atoms with van der Waals surface area (Å²) in [5.74, 6) is 0.728. The van der Waals surface area contributed by atoms with Crippen LogP contribution >= 0.6 is 47.2 Å². The minimum Gasteiger partial charge on any atom is -0.357 e. The first-order chi connectivity index (χ1) is 13.1. The molecular weight excluding hydrogens is 510 g/mol. The maximum atomic E-state index is 6.13. The fraction of sp³-hybridized carbons (Fsp3) is 0.263. The Bertz CT molecular complexity index is 921. The van der Waals surface area contributed by atoms with Crippen LogP contribution in [0.4, 0.5) is 0 Å². The number of para-hydroxylation sites is 1. The monoisotopic (exact) mass is 532 g/mol. The van der Waals surface area contributed by atoms with Gasteiger partial charge in [0.2, 0.25) is 0 Å². The maximum Gasteiger partial charge on any atom is 0.191 e. The first-order valence-electron chi connectivity index (χ1n) is 8.68. The molecule has 3 aromatic rings. The number of halogens is 3. The number of nitrogens with zero attached hydrogens (tertiary/aromatic N) is 4. The van der Waals surface area contributed by atoms with Gasteiger partial charge in [0, 0.05) is 31.7 Å². The fourth-order valence-electron chi connectivity index (χ4n) is 2.74. The fourth-order valence-corrected chi connectivity index (χ4v) is 3.15. The van der Waals surface area contributed by atoms with Crippen LogP contribution in [0.25, 0.3) is 5.69 Å². The molecule has 0 spiro atoms. The Morgan fingerprint density at radius 3 is 2.64 bits per heavy atom. The molecule has 0 radical (unpaired) electrons. The Labute approximate surface area is 192 Å². The highest BCUT2D eigenvalue weighted by Crippen LogP contribution is 2.24. The highest BCUT2D eigenvalue weighted by atomic mass is 127. The van der Waals surface area contributed by atoms with E-state index in [4.69, 9.17) is 28.2 Å². The van der Waals surface area contributed by atoms with E-state index in [1.807, 2.05) is 47.5 Å². The highest BCUT2D eigenvalue weighted by Gasteiger charge is 2.09. The van der Waals surface area contributed by atoms with Crippen molar-refractivity contribution in [3.05, 3.63) is 70.5 Å². The Hall–Kier alpha value is -1.71. The molecule has 9 heteroatoms. The predicted molar refractivity (Wildman–Crippen MR) is 126 cm³/mol. The molecule has 0 saturated heterocycles. The van der Waals surface area contributed by atoms with Gasteiger partial charge < -0.3 is 19.8 Å². The van der Waals surface area contributed by atoms with Crippen molar-refractivity contribution in [1.29, 1.82) is 0 Å². The zero-order valence-electron chi connectivity index (χ0n) is 15.7. The number of aliphatic imine (C=N–C) groups is 1. The third-order valence-corrected chi connectivity index (χ3v) is 5.02. The smallest absolute Gasteiger partial charge is 0.191 e. The van der Waals surface area contributed by atoms with E-state index in [1.165, 1.54) is 0 Å². The van der Waals surface area contributed by atoms with Crippen molar-refractivity contribution in [2.75, 3.05) is 6.54 Å². The molecule has 0 amide bonds. The van der Waals surface area contributed by atoms with E-state index in [-0.39, 0.29) is 24.0 Å². The summed E-state index contributed by atoms with van der Waals surface area (Å²) < 4.78 is 3.84. The minimum absolute atomic E-state index is 0. The standard InChI is InChI=1S/C19H22Cl2N6.HI/c1-3-23-19(25-12-15-10-16(20)18(21)26(15)2)24-11-14-6-4-5-7-17(14)27-9-8-22-13-27;/h4-10,13H,3,11-12H2,1-2H3,(H2,23,24,25);1H. The maximum absolute atomic E-state index is 6.13. The number of imidazole rings is 1. The number of nitrogens with one attached hydrogen (secondary N) is 2. The van der Waals surface area contributed by atoms with E-state index < -0.39 is 0 Å². The van der Waals surface area contributed by atoms with Crippen LogP contribution in [0.3, 0.4) is 0 Å². The lowest BCUT2D eigenvalue weighted by molar-refractivity contribution is 0.752. The van der Waals surface area contributed by atoms with Crippen molar-refractivity contribution in [1.82, 2.24) is 24.8 Å². The summed E-state index contributed by atoms with van der Waals surface area (Å²) in [6.07, 6.45) is 5.48. The van der Waals surface area contributed by atoms with Crippen molar-refractivity contribution in [3.63, 3.8) is 0 Å². The van der Waals surface area contributed by atoms with Gasteiger partial charge in [0.1, 0.15) is 5.15 Å². The lowest BCUT2D eigenvalue weighted by Gasteiger charge is -2.13. The van der Waals surface area contributed by atoms with Crippen LogP contribution < -0.4 is 10.6 Å². The van der Waals surface area contributed by atoms with Crippen molar-refractivity contribution in [3.8, 4) is 5.69 Å². The quantitative estimate of drug-likeness (QED) is 0.281. The Morgan fingerprint density at radius 2 is 2.00 bits per heavy atom. The zero-order valence-corrected chi connectivity index (χ0v) is 19.5. The van der Waals surface area contributed by atoms with Crippen molar-refractivity contribution < 1.29 is 0 Å². The Balaban J connectivity index is 0.00000280. The summed E-state index contributed by atoms with van der Waals surface area (Å²) in [6.45, 7) is 3.91. The summed E-state index contributed by atoms with van der Waals surface area (Å²) in [5.41, 5.74) is 3.16. The Morgan fingerprint density at radius 1 is 1.21 bits per heavy atom.